The number of hydrogen-bond acceptors (Lipinski definition) is 4. The van der Waals surface area contributed by atoms with Crippen LogP contribution >= 0.6 is 24.2 Å². The predicted octanol–water partition coefficient (Wildman–Crippen LogP) is 1.16. The van der Waals surface area contributed by atoms with Crippen LogP contribution in [-0.2, 0) is 5.75 Å². The maximum atomic E-state index is 5.32. The van der Waals surface area contributed by atoms with E-state index in [-0.39, 0.29) is 0 Å². The second-order valence-electron chi connectivity index (χ2n) is 1.38. The Morgan fingerprint density at radius 1 is 1.88 bits per heavy atom. The van der Waals surface area contributed by atoms with Crippen LogP contribution in [0.15, 0.2) is 6.07 Å². The smallest absolute Gasteiger partial charge is 0.137 e. The van der Waals surface area contributed by atoms with Gasteiger partial charge >= 0.3 is 0 Å². The first-order valence-corrected chi connectivity index (χ1v) is 3.55. The van der Waals surface area contributed by atoms with Crippen LogP contribution in [-0.4, -0.2) is 4.37 Å². The molecule has 0 bridgehead atoms. The quantitative estimate of drug-likeness (QED) is 0.583. The summed E-state index contributed by atoms with van der Waals surface area (Å²) in [7, 11) is 0. The van der Waals surface area contributed by atoms with E-state index in [0.29, 0.717) is 5.82 Å². The predicted molar refractivity (Wildman–Crippen MR) is 39.2 cm³/mol. The maximum absolute atomic E-state index is 5.32. The van der Waals surface area contributed by atoms with Gasteiger partial charge in [-0.2, -0.15) is 17.0 Å². The zero-order valence-electron chi connectivity index (χ0n) is 4.16. The number of nitrogens with zero attached hydrogens (tertiary/aromatic N) is 1. The van der Waals surface area contributed by atoms with Crippen LogP contribution < -0.4 is 5.73 Å². The van der Waals surface area contributed by atoms with Gasteiger partial charge in [0.25, 0.3) is 0 Å². The number of nitrogen functional groups attached to an aromatic ring is 1. The Labute approximate surface area is 57.3 Å². The van der Waals surface area contributed by atoms with E-state index in [9.17, 15) is 0 Å². The lowest BCUT2D eigenvalue weighted by Crippen LogP contribution is -1.79. The molecule has 1 aromatic heterocycles. The van der Waals surface area contributed by atoms with Crippen molar-refractivity contribution < 1.29 is 0 Å². The van der Waals surface area contributed by atoms with E-state index in [1.807, 2.05) is 6.07 Å². The molecule has 0 saturated carbocycles. The van der Waals surface area contributed by atoms with E-state index in [0.717, 1.165) is 10.6 Å². The standard InChI is InChI=1S/C4H6N2S2/c5-4-1-3(2-7)8-6-4/h1,7H,2H2,(H2,5,6). The summed E-state index contributed by atoms with van der Waals surface area (Å²) >= 11 is 5.44. The molecule has 2 N–H and O–H groups in total. The molecule has 4 heteroatoms. The molecular weight excluding hydrogens is 140 g/mol. The molecule has 0 aliphatic carbocycles. The second-order valence-corrected chi connectivity index (χ2v) is 2.58. The minimum Gasteiger partial charge on any atom is -0.383 e. The Morgan fingerprint density at radius 2 is 2.62 bits per heavy atom. The minimum absolute atomic E-state index is 0.596. The highest BCUT2D eigenvalue weighted by Gasteiger charge is 1.92. The summed E-state index contributed by atoms with van der Waals surface area (Å²) < 4.78 is 3.86. The van der Waals surface area contributed by atoms with Gasteiger partial charge in [-0.3, -0.25) is 0 Å². The van der Waals surface area contributed by atoms with Crippen molar-refractivity contribution in [3.63, 3.8) is 0 Å². The summed E-state index contributed by atoms with van der Waals surface area (Å²) in [4.78, 5) is 1.12. The van der Waals surface area contributed by atoms with Crippen molar-refractivity contribution in [2.24, 2.45) is 0 Å². The Hall–Kier alpha value is -0.220. The van der Waals surface area contributed by atoms with Gasteiger partial charge in [0.1, 0.15) is 5.82 Å². The van der Waals surface area contributed by atoms with E-state index in [2.05, 4.69) is 17.0 Å². The number of hydrogen-bond donors (Lipinski definition) is 2. The van der Waals surface area contributed by atoms with E-state index in [1.165, 1.54) is 11.5 Å². The molecule has 0 amide bonds. The van der Waals surface area contributed by atoms with Gasteiger partial charge in [-0.15, -0.1) is 0 Å². The molecular formula is C4H6N2S2. The minimum atomic E-state index is 0.596. The van der Waals surface area contributed by atoms with Crippen LogP contribution in [0.4, 0.5) is 5.82 Å². The van der Waals surface area contributed by atoms with E-state index in [1.54, 1.807) is 0 Å². The summed E-state index contributed by atoms with van der Waals surface area (Å²) in [5, 5.41) is 0. The molecule has 44 valence electrons. The lowest BCUT2D eigenvalue weighted by atomic mass is 10.5. The van der Waals surface area contributed by atoms with Crippen LogP contribution in [0.3, 0.4) is 0 Å². The Balaban J connectivity index is 2.84. The summed E-state index contributed by atoms with van der Waals surface area (Å²) in [6, 6.07) is 1.83. The lowest BCUT2D eigenvalue weighted by molar-refractivity contribution is 1.53. The van der Waals surface area contributed by atoms with E-state index < -0.39 is 0 Å². The first kappa shape index (κ1) is 5.91. The normalized spacial score (nSPS) is 9.62. The molecule has 0 aromatic carbocycles. The Kier molecular flexibility index (Phi) is 1.75. The van der Waals surface area contributed by atoms with Gasteiger partial charge in [-0.05, 0) is 17.6 Å². The molecule has 1 heterocycles. The number of rotatable bonds is 1. The van der Waals surface area contributed by atoms with Gasteiger partial charge < -0.3 is 5.73 Å². The number of aromatic nitrogens is 1. The van der Waals surface area contributed by atoms with E-state index >= 15 is 0 Å². The molecule has 0 aliphatic heterocycles. The lowest BCUT2D eigenvalue weighted by Gasteiger charge is -1.76. The number of nitrogens with two attached hydrogens (primary N) is 1. The van der Waals surface area contributed by atoms with E-state index in [4.69, 9.17) is 5.73 Å². The Morgan fingerprint density at radius 3 is 2.88 bits per heavy atom. The van der Waals surface area contributed by atoms with Crippen molar-refractivity contribution in [1.82, 2.24) is 4.37 Å². The zero-order chi connectivity index (χ0) is 5.98. The molecule has 0 radical (unpaired) electrons. The fourth-order valence-corrected chi connectivity index (χ4v) is 1.17. The summed E-state index contributed by atoms with van der Waals surface area (Å²) in [5.41, 5.74) is 5.32. The van der Waals surface area contributed by atoms with Gasteiger partial charge in [0, 0.05) is 10.6 Å². The van der Waals surface area contributed by atoms with Gasteiger partial charge in [0.15, 0.2) is 0 Å². The van der Waals surface area contributed by atoms with Crippen LogP contribution in [0.2, 0.25) is 0 Å². The molecule has 8 heavy (non-hydrogen) atoms. The molecule has 1 aromatic rings. The molecule has 2 nitrogen and oxygen atoms in total. The Bertz CT molecular complexity index is 172. The topological polar surface area (TPSA) is 38.9 Å². The fraction of sp³-hybridized carbons (Fsp3) is 0.250. The molecule has 0 fully saturated rings. The third-order valence-corrected chi connectivity index (χ3v) is 2.09. The number of thiol groups is 1. The highest BCUT2D eigenvalue weighted by Crippen LogP contribution is 2.12. The van der Waals surface area contributed by atoms with Crippen LogP contribution in [0.1, 0.15) is 4.88 Å². The largest absolute Gasteiger partial charge is 0.383 e. The summed E-state index contributed by atoms with van der Waals surface area (Å²) in [6.45, 7) is 0. The molecule has 0 aliphatic rings. The average Bonchev–Trinajstić information content (AvgIpc) is 2.14. The zero-order valence-corrected chi connectivity index (χ0v) is 5.88. The second kappa shape index (κ2) is 2.37. The highest BCUT2D eigenvalue weighted by molar-refractivity contribution is 7.79. The summed E-state index contributed by atoms with van der Waals surface area (Å²) in [6.07, 6.45) is 0. The van der Waals surface area contributed by atoms with Crippen molar-refractivity contribution >= 4 is 30.0 Å². The summed E-state index contributed by atoms with van der Waals surface area (Å²) in [5.74, 6) is 1.33. The van der Waals surface area contributed by atoms with Crippen molar-refractivity contribution in [3.05, 3.63) is 10.9 Å². The monoisotopic (exact) mass is 146 g/mol. The van der Waals surface area contributed by atoms with Gasteiger partial charge in [0.05, 0.1) is 0 Å². The van der Waals surface area contributed by atoms with Gasteiger partial charge in [-0.25, -0.2) is 0 Å². The van der Waals surface area contributed by atoms with Crippen molar-refractivity contribution in [2.45, 2.75) is 5.75 Å². The van der Waals surface area contributed by atoms with Crippen LogP contribution in [0.5, 0.6) is 0 Å². The fourth-order valence-electron chi connectivity index (χ4n) is 0.403. The maximum Gasteiger partial charge on any atom is 0.137 e. The molecule has 0 unspecified atom stereocenters. The third-order valence-electron chi connectivity index (χ3n) is 0.733. The van der Waals surface area contributed by atoms with Crippen molar-refractivity contribution in [1.29, 1.82) is 0 Å². The van der Waals surface area contributed by atoms with Crippen LogP contribution in [0, 0.1) is 0 Å². The van der Waals surface area contributed by atoms with Crippen LogP contribution in [0.25, 0.3) is 0 Å². The first-order valence-electron chi connectivity index (χ1n) is 2.15. The molecule has 1 rings (SSSR count). The molecule has 0 saturated heterocycles. The molecule has 0 atom stereocenters. The third kappa shape index (κ3) is 1.14. The highest BCUT2D eigenvalue weighted by atomic mass is 32.1. The average molecular weight is 146 g/mol. The van der Waals surface area contributed by atoms with Gasteiger partial charge in [-0.1, -0.05) is 0 Å². The van der Waals surface area contributed by atoms with Crippen molar-refractivity contribution in [3.8, 4) is 0 Å². The number of anilines is 1. The SMILES string of the molecule is Nc1cc(CS)sn1. The molecule has 0 spiro atoms. The van der Waals surface area contributed by atoms with Gasteiger partial charge in [0.2, 0.25) is 0 Å². The van der Waals surface area contributed by atoms with Crippen molar-refractivity contribution in [2.75, 3.05) is 5.73 Å². The first-order chi connectivity index (χ1) is 3.83.